The zero-order chi connectivity index (χ0) is 17.0. The molecule has 132 valence electrons. The van der Waals surface area contributed by atoms with E-state index in [0.717, 1.165) is 12.8 Å². The van der Waals surface area contributed by atoms with Crippen molar-refractivity contribution in [2.45, 2.75) is 70.6 Å². The van der Waals surface area contributed by atoms with Crippen molar-refractivity contribution in [2.75, 3.05) is 0 Å². The molecule has 7 heteroatoms. The largest absolute Gasteiger partial charge is 0.456 e. The fourth-order valence-corrected chi connectivity index (χ4v) is 4.71. The van der Waals surface area contributed by atoms with Crippen molar-refractivity contribution in [3.05, 3.63) is 11.3 Å². The van der Waals surface area contributed by atoms with Gasteiger partial charge in [0.05, 0.1) is 6.10 Å². The molecule has 6 atom stereocenters. The molecule has 3 aliphatic rings. The Balaban J connectivity index is 2.14. The summed E-state index contributed by atoms with van der Waals surface area (Å²) in [6.45, 7) is 5.28. The maximum Gasteiger partial charge on any atom is 0.448 e. The number of halogens is 3. The van der Waals surface area contributed by atoms with Crippen LogP contribution in [-0.2, 0) is 14.4 Å². The van der Waals surface area contributed by atoms with Crippen LogP contribution in [0.3, 0.4) is 0 Å². The number of rotatable bonds is 1. The Bertz CT molecular complexity index is 504. The molecule has 1 saturated heterocycles. The monoisotopic (exact) mass is 336 g/mol. The zero-order valence-electron chi connectivity index (χ0n) is 13.5. The Labute approximate surface area is 133 Å². The molecule has 23 heavy (non-hydrogen) atoms. The highest BCUT2D eigenvalue weighted by molar-refractivity contribution is 5.25. The van der Waals surface area contributed by atoms with E-state index in [-0.39, 0.29) is 23.5 Å². The Hall–Kier alpha value is -0.790. The van der Waals surface area contributed by atoms with E-state index >= 15 is 0 Å². The van der Waals surface area contributed by atoms with Crippen LogP contribution < -0.4 is 0 Å². The lowest BCUT2D eigenvalue weighted by Crippen LogP contribution is -2.63. The molecule has 1 N–H and O–H groups in total. The van der Waals surface area contributed by atoms with Crippen molar-refractivity contribution in [3.8, 4) is 0 Å². The highest BCUT2D eigenvalue weighted by atomic mass is 19.4. The van der Waals surface area contributed by atoms with Crippen LogP contribution in [0.25, 0.3) is 0 Å². The van der Waals surface area contributed by atoms with Gasteiger partial charge >= 0.3 is 6.18 Å². The minimum Gasteiger partial charge on any atom is -0.456 e. The Kier molecular flexibility index (Phi) is 4.18. The van der Waals surface area contributed by atoms with Crippen LogP contribution in [0.5, 0.6) is 0 Å². The molecule has 2 heterocycles. The Morgan fingerprint density at radius 3 is 2.48 bits per heavy atom. The van der Waals surface area contributed by atoms with Gasteiger partial charge < -0.3 is 9.47 Å². The van der Waals surface area contributed by atoms with Gasteiger partial charge in [-0.1, -0.05) is 6.92 Å². The molecule has 0 bridgehead atoms. The van der Waals surface area contributed by atoms with Crippen molar-refractivity contribution in [1.82, 2.24) is 0 Å². The Morgan fingerprint density at radius 2 is 1.87 bits per heavy atom. The van der Waals surface area contributed by atoms with E-state index in [2.05, 4.69) is 0 Å². The van der Waals surface area contributed by atoms with Crippen LogP contribution in [0.1, 0.15) is 46.5 Å². The molecular formula is C16H23F3O4. The average molecular weight is 336 g/mol. The van der Waals surface area contributed by atoms with Gasteiger partial charge in [0.1, 0.15) is 0 Å². The van der Waals surface area contributed by atoms with Crippen LogP contribution in [-0.4, -0.2) is 29.4 Å². The third-order valence-corrected chi connectivity index (χ3v) is 5.85. The van der Waals surface area contributed by atoms with Crippen LogP contribution in [0.4, 0.5) is 13.2 Å². The summed E-state index contributed by atoms with van der Waals surface area (Å²) in [6, 6.07) is 0. The van der Waals surface area contributed by atoms with Gasteiger partial charge in [-0.15, -0.1) is 0 Å². The predicted molar refractivity (Wildman–Crippen MR) is 75.2 cm³/mol. The number of ether oxygens (including phenoxy) is 2. The van der Waals surface area contributed by atoms with E-state index in [0.29, 0.717) is 12.8 Å². The molecular weight excluding hydrogens is 313 g/mol. The van der Waals surface area contributed by atoms with Gasteiger partial charge in [-0.25, -0.2) is 4.89 Å². The summed E-state index contributed by atoms with van der Waals surface area (Å²) in [5.41, 5.74) is -1.17. The van der Waals surface area contributed by atoms with Gasteiger partial charge in [0.2, 0.25) is 12.0 Å². The second kappa shape index (κ2) is 5.63. The number of hydrogen-bond acceptors (Lipinski definition) is 4. The minimum absolute atomic E-state index is 0.0952. The first kappa shape index (κ1) is 17.0. The van der Waals surface area contributed by atoms with E-state index in [4.69, 9.17) is 14.4 Å². The fraction of sp³-hybridized carbons (Fsp3) is 0.875. The summed E-state index contributed by atoms with van der Waals surface area (Å²) < 4.78 is 51.0. The van der Waals surface area contributed by atoms with Gasteiger partial charge in [-0.2, -0.15) is 13.2 Å². The van der Waals surface area contributed by atoms with Crippen LogP contribution in [0.15, 0.2) is 11.3 Å². The number of alkyl halides is 3. The normalized spacial score (nSPS) is 44.4. The minimum atomic E-state index is -4.58. The van der Waals surface area contributed by atoms with Gasteiger partial charge in [0.15, 0.2) is 5.60 Å². The molecule has 4 nitrogen and oxygen atoms in total. The summed E-state index contributed by atoms with van der Waals surface area (Å²) in [7, 11) is 0. The second-order valence-electron chi connectivity index (χ2n) is 7.14. The van der Waals surface area contributed by atoms with Crippen molar-refractivity contribution >= 4 is 0 Å². The second-order valence-corrected chi connectivity index (χ2v) is 7.14. The molecule has 3 rings (SSSR count). The van der Waals surface area contributed by atoms with Crippen LogP contribution >= 0.6 is 0 Å². The third-order valence-electron chi connectivity index (χ3n) is 5.85. The van der Waals surface area contributed by atoms with Crippen LogP contribution in [0, 0.1) is 17.8 Å². The first-order valence-corrected chi connectivity index (χ1v) is 8.14. The maximum atomic E-state index is 13.3. The lowest BCUT2D eigenvalue weighted by molar-refractivity contribution is -0.419. The first-order valence-electron chi connectivity index (χ1n) is 8.14. The molecule has 1 aliphatic carbocycles. The molecule has 0 amide bonds. The molecule has 2 fully saturated rings. The van der Waals surface area contributed by atoms with Crippen molar-refractivity contribution in [1.29, 1.82) is 0 Å². The SMILES string of the molecule is CC1=C(C(F)(F)F)OC2OC(C)CCC3C(C)CCC1C23OO. The number of allylic oxidation sites excluding steroid dienone is 1. The van der Waals surface area contributed by atoms with Gasteiger partial charge in [0, 0.05) is 11.8 Å². The molecule has 6 unspecified atom stereocenters. The van der Waals surface area contributed by atoms with Gasteiger partial charge in [0.25, 0.3) is 0 Å². The molecule has 0 radical (unpaired) electrons. The quantitative estimate of drug-likeness (QED) is 0.574. The van der Waals surface area contributed by atoms with Gasteiger partial charge in [-0.05, 0) is 51.0 Å². The first-order chi connectivity index (χ1) is 10.7. The average Bonchev–Trinajstić information content (AvgIpc) is 2.61. The highest BCUT2D eigenvalue weighted by Gasteiger charge is 2.65. The topological polar surface area (TPSA) is 47.9 Å². The van der Waals surface area contributed by atoms with E-state index in [1.807, 2.05) is 13.8 Å². The van der Waals surface area contributed by atoms with Crippen LogP contribution in [0.2, 0.25) is 0 Å². The van der Waals surface area contributed by atoms with Gasteiger partial charge in [-0.3, -0.25) is 5.26 Å². The predicted octanol–water partition coefficient (Wildman–Crippen LogP) is 4.27. The fourth-order valence-electron chi connectivity index (χ4n) is 4.71. The standard InChI is InChI=1S/C16H23F3O4/c1-8-4-6-12-10(3)13(16(17,18)19)22-14-15(12,23-20)11(8)7-5-9(2)21-14/h8-9,11-12,14,20H,4-7H2,1-3H3. The molecule has 0 aromatic rings. The lowest BCUT2D eigenvalue weighted by atomic mass is 9.59. The summed E-state index contributed by atoms with van der Waals surface area (Å²) in [5, 5.41) is 9.75. The third kappa shape index (κ3) is 2.48. The maximum absolute atomic E-state index is 13.3. The molecule has 1 saturated carbocycles. The zero-order valence-corrected chi connectivity index (χ0v) is 13.5. The number of hydrogen-bond donors (Lipinski definition) is 1. The highest BCUT2D eigenvalue weighted by Crippen LogP contribution is 2.57. The van der Waals surface area contributed by atoms with E-state index in [1.54, 1.807) is 0 Å². The smallest absolute Gasteiger partial charge is 0.448 e. The summed E-state index contributed by atoms with van der Waals surface area (Å²) in [5.74, 6) is -1.44. The molecule has 2 aliphatic heterocycles. The van der Waals surface area contributed by atoms with Crippen molar-refractivity contribution in [3.63, 3.8) is 0 Å². The van der Waals surface area contributed by atoms with E-state index in [1.165, 1.54) is 6.92 Å². The molecule has 0 spiro atoms. The van der Waals surface area contributed by atoms with E-state index < -0.39 is 29.7 Å². The molecule has 0 aromatic heterocycles. The summed E-state index contributed by atoms with van der Waals surface area (Å²) in [4.78, 5) is 4.93. The summed E-state index contributed by atoms with van der Waals surface area (Å²) >= 11 is 0. The van der Waals surface area contributed by atoms with Crippen molar-refractivity contribution in [2.24, 2.45) is 17.8 Å². The summed E-state index contributed by atoms with van der Waals surface area (Å²) in [6.07, 6.45) is -3.34. The van der Waals surface area contributed by atoms with Crippen molar-refractivity contribution < 1.29 is 32.8 Å². The Morgan fingerprint density at radius 1 is 1.17 bits per heavy atom. The molecule has 0 aromatic carbocycles. The lowest BCUT2D eigenvalue weighted by Gasteiger charge is -2.54. The van der Waals surface area contributed by atoms with E-state index in [9.17, 15) is 18.4 Å².